The van der Waals surface area contributed by atoms with Gasteiger partial charge in [0.2, 0.25) is 0 Å². The molecule has 0 saturated carbocycles. The molecule has 0 aromatic heterocycles. The zero-order chi connectivity index (χ0) is 6.57. The Morgan fingerprint density at radius 1 is 1.50 bits per heavy atom. The molecule has 2 heteroatoms. The number of nitrogens with zero attached hydrogens (tertiary/aromatic N) is 2. The maximum atomic E-state index is 4.03. The molecular formula is C6H14N2. The average molecular weight is 114 g/mol. The molecule has 0 bridgehead atoms. The summed E-state index contributed by atoms with van der Waals surface area (Å²) in [4.78, 5) is 0. The molecule has 0 N–H and O–H groups in total. The van der Waals surface area contributed by atoms with E-state index in [1.165, 1.54) is 0 Å². The molecule has 48 valence electrons. The molecule has 0 heterocycles. The van der Waals surface area contributed by atoms with E-state index in [1.807, 2.05) is 19.0 Å². The molecule has 2 nitrogen and oxygen atoms in total. The molecule has 0 fully saturated rings. The van der Waals surface area contributed by atoms with Gasteiger partial charge in [-0.2, -0.15) is 5.10 Å². The number of rotatable bonds is 2. The van der Waals surface area contributed by atoms with Gasteiger partial charge in [-0.05, 0) is 20.8 Å². The highest BCUT2D eigenvalue weighted by Crippen LogP contribution is 1.90. The van der Waals surface area contributed by atoms with Gasteiger partial charge in [0.15, 0.2) is 0 Å². The van der Waals surface area contributed by atoms with Gasteiger partial charge in [-0.25, -0.2) is 0 Å². The summed E-state index contributed by atoms with van der Waals surface area (Å²) in [6, 6.07) is 0.506. The van der Waals surface area contributed by atoms with Crippen LogP contribution in [0.5, 0.6) is 0 Å². The van der Waals surface area contributed by atoms with Crippen LogP contribution in [-0.4, -0.2) is 24.3 Å². The fraction of sp³-hybridized carbons (Fsp3) is 0.833. The second-order valence-corrected chi connectivity index (χ2v) is 2.04. The number of hydrogen-bond acceptors (Lipinski definition) is 2. The maximum Gasteiger partial charge on any atom is 0.0410 e. The molecule has 0 aromatic rings. The lowest BCUT2D eigenvalue weighted by Crippen LogP contribution is -2.19. The second-order valence-electron chi connectivity index (χ2n) is 2.04. The van der Waals surface area contributed by atoms with Gasteiger partial charge >= 0.3 is 0 Å². The monoisotopic (exact) mass is 114 g/mol. The van der Waals surface area contributed by atoms with E-state index in [0.29, 0.717) is 6.04 Å². The van der Waals surface area contributed by atoms with E-state index in [0.717, 1.165) is 0 Å². The summed E-state index contributed by atoms with van der Waals surface area (Å²) < 4.78 is 0. The first kappa shape index (κ1) is 7.47. The highest BCUT2D eigenvalue weighted by molar-refractivity contribution is 5.52. The van der Waals surface area contributed by atoms with Crippen molar-refractivity contribution in [1.82, 2.24) is 5.01 Å². The highest BCUT2D eigenvalue weighted by Gasteiger charge is 1.94. The lowest BCUT2D eigenvalue weighted by Gasteiger charge is -2.15. The first-order valence-corrected chi connectivity index (χ1v) is 2.90. The van der Waals surface area contributed by atoms with Gasteiger partial charge < -0.3 is 0 Å². The van der Waals surface area contributed by atoms with E-state index in [1.54, 1.807) is 6.21 Å². The molecule has 0 aliphatic carbocycles. The van der Waals surface area contributed by atoms with Crippen LogP contribution in [0.15, 0.2) is 5.10 Å². The molecule has 0 spiro atoms. The summed E-state index contributed by atoms with van der Waals surface area (Å²) in [6.45, 7) is 6.12. The smallest absolute Gasteiger partial charge is 0.0410 e. The predicted molar refractivity (Wildman–Crippen MR) is 37.1 cm³/mol. The summed E-state index contributed by atoms with van der Waals surface area (Å²) in [5.74, 6) is 0. The van der Waals surface area contributed by atoms with Gasteiger partial charge in [-0.1, -0.05) is 0 Å². The average Bonchev–Trinajstić information content (AvgIpc) is 1.67. The van der Waals surface area contributed by atoms with Crippen molar-refractivity contribution in [1.29, 1.82) is 0 Å². The van der Waals surface area contributed by atoms with Crippen LogP contribution >= 0.6 is 0 Å². The minimum Gasteiger partial charge on any atom is -0.298 e. The van der Waals surface area contributed by atoms with Crippen molar-refractivity contribution in [2.75, 3.05) is 7.05 Å². The largest absolute Gasteiger partial charge is 0.298 e. The fourth-order valence-electron chi connectivity index (χ4n) is 0.315. The molecule has 0 unspecified atom stereocenters. The quantitative estimate of drug-likeness (QED) is 0.390. The number of hydrogen-bond donors (Lipinski definition) is 0. The third-order valence-corrected chi connectivity index (χ3v) is 1.04. The van der Waals surface area contributed by atoms with Gasteiger partial charge in [-0.3, -0.25) is 5.01 Å². The topological polar surface area (TPSA) is 15.6 Å². The summed E-state index contributed by atoms with van der Waals surface area (Å²) in [7, 11) is 1.96. The minimum atomic E-state index is 0.506. The van der Waals surface area contributed by atoms with Crippen molar-refractivity contribution < 1.29 is 0 Å². The standard InChI is InChI=1S/C6H14N2/c1-5-7-8(4)6(2)3/h5-6H,1-4H3/b7-5-. The first-order valence-electron chi connectivity index (χ1n) is 2.90. The molecule has 8 heavy (non-hydrogen) atoms. The summed E-state index contributed by atoms with van der Waals surface area (Å²) in [5, 5.41) is 5.95. The third-order valence-electron chi connectivity index (χ3n) is 1.04. The molecular weight excluding hydrogens is 100 g/mol. The zero-order valence-electron chi connectivity index (χ0n) is 6.05. The van der Waals surface area contributed by atoms with E-state index in [9.17, 15) is 0 Å². The van der Waals surface area contributed by atoms with Crippen LogP contribution in [0.4, 0.5) is 0 Å². The Bertz CT molecular complexity index is 76.6. The van der Waals surface area contributed by atoms with Crippen LogP contribution in [-0.2, 0) is 0 Å². The van der Waals surface area contributed by atoms with Crippen LogP contribution in [0.3, 0.4) is 0 Å². The van der Waals surface area contributed by atoms with Crippen molar-refractivity contribution in [3.63, 3.8) is 0 Å². The van der Waals surface area contributed by atoms with Gasteiger partial charge in [0.25, 0.3) is 0 Å². The normalized spacial score (nSPS) is 11.1. The molecule has 0 atom stereocenters. The third kappa shape index (κ3) is 2.61. The SMILES string of the molecule is C/C=N\N(C)C(C)C. The molecule has 0 rings (SSSR count). The lowest BCUT2D eigenvalue weighted by molar-refractivity contribution is 0.290. The van der Waals surface area contributed by atoms with Crippen LogP contribution in [0, 0.1) is 0 Å². The van der Waals surface area contributed by atoms with Crippen LogP contribution < -0.4 is 0 Å². The summed E-state index contributed by atoms with van der Waals surface area (Å²) >= 11 is 0. The Morgan fingerprint density at radius 2 is 2.00 bits per heavy atom. The van der Waals surface area contributed by atoms with E-state index in [2.05, 4.69) is 18.9 Å². The van der Waals surface area contributed by atoms with Gasteiger partial charge in [0.1, 0.15) is 0 Å². The number of hydrazone groups is 1. The Hall–Kier alpha value is -0.530. The van der Waals surface area contributed by atoms with Crippen LogP contribution in [0.1, 0.15) is 20.8 Å². The Balaban J connectivity index is 3.47. The van der Waals surface area contributed by atoms with Crippen molar-refractivity contribution in [3.8, 4) is 0 Å². The molecule has 0 saturated heterocycles. The first-order chi connectivity index (χ1) is 3.68. The van der Waals surface area contributed by atoms with Gasteiger partial charge in [0, 0.05) is 19.3 Å². The minimum absolute atomic E-state index is 0.506. The van der Waals surface area contributed by atoms with Gasteiger partial charge in [-0.15, -0.1) is 0 Å². The molecule has 0 radical (unpaired) electrons. The van der Waals surface area contributed by atoms with E-state index in [-0.39, 0.29) is 0 Å². The van der Waals surface area contributed by atoms with Crippen molar-refractivity contribution >= 4 is 6.21 Å². The van der Waals surface area contributed by atoms with Crippen LogP contribution in [0.25, 0.3) is 0 Å². The second kappa shape index (κ2) is 3.47. The van der Waals surface area contributed by atoms with Crippen molar-refractivity contribution in [2.24, 2.45) is 5.10 Å². The molecule has 0 aromatic carbocycles. The molecule has 0 aliphatic heterocycles. The molecule has 0 aliphatic rings. The van der Waals surface area contributed by atoms with Crippen LogP contribution in [0.2, 0.25) is 0 Å². The van der Waals surface area contributed by atoms with Crippen molar-refractivity contribution in [3.05, 3.63) is 0 Å². The Kier molecular flexibility index (Phi) is 3.24. The van der Waals surface area contributed by atoms with Gasteiger partial charge in [0.05, 0.1) is 0 Å². The predicted octanol–water partition coefficient (Wildman–Crippen LogP) is 1.33. The molecule has 0 amide bonds. The van der Waals surface area contributed by atoms with E-state index < -0.39 is 0 Å². The summed E-state index contributed by atoms with van der Waals surface area (Å²) in [6.07, 6.45) is 1.79. The van der Waals surface area contributed by atoms with E-state index >= 15 is 0 Å². The van der Waals surface area contributed by atoms with E-state index in [4.69, 9.17) is 0 Å². The maximum absolute atomic E-state index is 4.03. The Labute approximate surface area is 51.2 Å². The van der Waals surface area contributed by atoms with Crippen molar-refractivity contribution in [2.45, 2.75) is 26.8 Å². The fourth-order valence-corrected chi connectivity index (χ4v) is 0.315. The summed E-state index contributed by atoms with van der Waals surface area (Å²) in [5.41, 5.74) is 0. The Morgan fingerprint density at radius 3 is 2.12 bits per heavy atom. The highest BCUT2D eigenvalue weighted by atomic mass is 15.4. The zero-order valence-corrected chi connectivity index (χ0v) is 6.05. The lowest BCUT2D eigenvalue weighted by atomic mass is 10.4.